The molecule has 0 aliphatic carbocycles. The fourth-order valence-corrected chi connectivity index (χ4v) is 2.39. The molecule has 0 radical (unpaired) electrons. The third-order valence-electron chi connectivity index (χ3n) is 3.20. The van der Waals surface area contributed by atoms with E-state index in [2.05, 4.69) is 0 Å². The van der Waals surface area contributed by atoms with E-state index >= 15 is 0 Å². The maximum Gasteiger partial charge on any atom is 0.253 e. The van der Waals surface area contributed by atoms with Crippen LogP contribution in [0.15, 0.2) is 18.2 Å². The molecule has 1 aliphatic rings. The number of nitrogens with two attached hydrogens (primary N) is 2. The van der Waals surface area contributed by atoms with Gasteiger partial charge in [0.25, 0.3) is 5.91 Å². The van der Waals surface area contributed by atoms with Gasteiger partial charge in [-0.3, -0.25) is 4.79 Å². The Balaban J connectivity index is 2.44. The summed E-state index contributed by atoms with van der Waals surface area (Å²) < 4.78 is 13.6. The van der Waals surface area contributed by atoms with Crippen LogP contribution in [0.2, 0.25) is 0 Å². The molecule has 0 bridgehead atoms. The van der Waals surface area contributed by atoms with Crippen LogP contribution in [0.5, 0.6) is 0 Å². The fourth-order valence-electron chi connectivity index (χ4n) is 2.39. The lowest BCUT2D eigenvalue weighted by Crippen LogP contribution is -2.36. The smallest absolute Gasteiger partial charge is 0.253 e. The first-order valence-electron chi connectivity index (χ1n) is 5.70. The zero-order valence-corrected chi connectivity index (χ0v) is 9.53. The molecule has 1 amide bonds. The van der Waals surface area contributed by atoms with E-state index in [9.17, 15) is 9.18 Å². The summed E-state index contributed by atoms with van der Waals surface area (Å²) in [6, 6.07) is 4.71. The summed E-state index contributed by atoms with van der Waals surface area (Å²) in [6.45, 7) is 1.28. The van der Waals surface area contributed by atoms with Gasteiger partial charge in [-0.05, 0) is 25.0 Å². The molecule has 5 heteroatoms. The number of anilines is 1. The summed E-state index contributed by atoms with van der Waals surface area (Å²) in [4.78, 5) is 13.3. The number of carbonyl (C=O) groups excluding carboxylic acids is 1. The van der Waals surface area contributed by atoms with Crippen LogP contribution < -0.4 is 16.4 Å². The van der Waals surface area contributed by atoms with E-state index in [1.54, 1.807) is 12.1 Å². The highest BCUT2D eigenvalue weighted by Gasteiger charge is 2.27. The van der Waals surface area contributed by atoms with Crippen molar-refractivity contribution in [1.29, 1.82) is 0 Å². The number of hydrogen-bond acceptors (Lipinski definition) is 3. The molecule has 4 N–H and O–H groups in total. The van der Waals surface area contributed by atoms with Crippen LogP contribution in [0.1, 0.15) is 23.2 Å². The zero-order chi connectivity index (χ0) is 12.4. The third-order valence-corrected chi connectivity index (χ3v) is 3.20. The van der Waals surface area contributed by atoms with Crippen LogP contribution >= 0.6 is 0 Å². The van der Waals surface area contributed by atoms with Gasteiger partial charge >= 0.3 is 0 Å². The molecule has 1 aromatic rings. The Kier molecular flexibility index (Phi) is 3.28. The van der Waals surface area contributed by atoms with Crippen LogP contribution in [0.3, 0.4) is 0 Å². The predicted octanol–water partition coefficient (Wildman–Crippen LogP) is 0.852. The number of amides is 1. The molecule has 92 valence electrons. The number of hydrogen-bond donors (Lipinski definition) is 2. The minimum atomic E-state index is -0.735. The maximum absolute atomic E-state index is 13.6. The number of rotatable bonds is 3. The van der Waals surface area contributed by atoms with Gasteiger partial charge in [0.1, 0.15) is 5.82 Å². The van der Waals surface area contributed by atoms with Crippen molar-refractivity contribution in [2.45, 2.75) is 18.9 Å². The van der Waals surface area contributed by atoms with E-state index in [4.69, 9.17) is 11.5 Å². The molecule has 2 rings (SSSR count). The number of benzene rings is 1. The van der Waals surface area contributed by atoms with Gasteiger partial charge in [-0.1, -0.05) is 6.07 Å². The molecule has 0 spiro atoms. The second kappa shape index (κ2) is 4.71. The lowest BCUT2D eigenvalue weighted by molar-refractivity contribution is 0.0997. The molecule has 1 aromatic carbocycles. The Morgan fingerprint density at radius 3 is 2.94 bits per heavy atom. The van der Waals surface area contributed by atoms with Gasteiger partial charge in [0.2, 0.25) is 0 Å². The molecule has 0 aromatic heterocycles. The summed E-state index contributed by atoms with van der Waals surface area (Å²) >= 11 is 0. The van der Waals surface area contributed by atoms with E-state index in [0.717, 1.165) is 19.4 Å². The first-order chi connectivity index (χ1) is 8.15. The van der Waals surface area contributed by atoms with Crippen molar-refractivity contribution in [3.05, 3.63) is 29.6 Å². The van der Waals surface area contributed by atoms with Gasteiger partial charge in [0.05, 0.1) is 11.3 Å². The lowest BCUT2D eigenvalue weighted by Gasteiger charge is -2.27. The van der Waals surface area contributed by atoms with Crippen molar-refractivity contribution in [3.8, 4) is 0 Å². The molecular formula is C12H16FN3O. The minimum Gasteiger partial charge on any atom is -0.367 e. The van der Waals surface area contributed by atoms with Gasteiger partial charge in [-0.2, -0.15) is 0 Å². The number of carbonyl (C=O) groups is 1. The summed E-state index contributed by atoms with van der Waals surface area (Å²) in [5.74, 6) is -1.31. The van der Waals surface area contributed by atoms with Crippen molar-refractivity contribution >= 4 is 11.6 Å². The molecule has 1 heterocycles. The minimum absolute atomic E-state index is 0.0344. The first-order valence-corrected chi connectivity index (χ1v) is 5.70. The van der Waals surface area contributed by atoms with E-state index < -0.39 is 11.7 Å². The van der Waals surface area contributed by atoms with E-state index in [0.29, 0.717) is 12.2 Å². The molecule has 17 heavy (non-hydrogen) atoms. The van der Waals surface area contributed by atoms with Crippen molar-refractivity contribution in [3.63, 3.8) is 0 Å². The molecule has 1 unspecified atom stereocenters. The second-order valence-corrected chi connectivity index (χ2v) is 4.22. The quantitative estimate of drug-likeness (QED) is 0.818. The second-order valence-electron chi connectivity index (χ2n) is 4.22. The standard InChI is InChI=1S/C12H16FN3O/c13-9-4-1-5-10(11(9)12(15)17)16-6-2-3-8(16)7-14/h1,4-5,8H,2-3,6-7,14H2,(H2,15,17). The summed E-state index contributed by atoms with van der Waals surface area (Å²) in [5, 5.41) is 0. The number of nitrogens with zero attached hydrogens (tertiary/aromatic N) is 1. The lowest BCUT2D eigenvalue weighted by atomic mass is 10.1. The number of primary amides is 1. The average Bonchev–Trinajstić information content (AvgIpc) is 2.75. The highest BCUT2D eigenvalue weighted by atomic mass is 19.1. The molecule has 1 aliphatic heterocycles. The van der Waals surface area contributed by atoms with Crippen molar-refractivity contribution in [2.24, 2.45) is 11.5 Å². The Morgan fingerprint density at radius 2 is 2.29 bits per heavy atom. The van der Waals surface area contributed by atoms with Crippen LogP contribution in [0.25, 0.3) is 0 Å². The van der Waals surface area contributed by atoms with Crippen LogP contribution in [-0.4, -0.2) is 25.0 Å². The van der Waals surface area contributed by atoms with Gasteiger partial charge in [-0.15, -0.1) is 0 Å². The van der Waals surface area contributed by atoms with E-state index in [1.807, 2.05) is 4.90 Å². The number of halogens is 1. The summed E-state index contributed by atoms with van der Waals surface area (Å²) in [7, 11) is 0. The monoisotopic (exact) mass is 237 g/mol. The zero-order valence-electron chi connectivity index (χ0n) is 9.53. The molecule has 1 atom stereocenters. The molecule has 4 nitrogen and oxygen atoms in total. The largest absolute Gasteiger partial charge is 0.367 e. The Morgan fingerprint density at radius 1 is 1.53 bits per heavy atom. The molecule has 0 saturated carbocycles. The van der Waals surface area contributed by atoms with E-state index in [-0.39, 0.29) is 11.6 Å². The first kappa shape index (κ1) is 11.9. The normalized spacial score (nSPS) is 19.6. The Hall–Kier alpha value is -1.62. The Labute approximate surface area is 99.4 Å². The molecular weight excluding hydrogens is 221 g/mol. The summed E-state index contributed by atoms with van der Waals surface area (Å²) in [5.41, 5.74) is 11.4. The van der Waals surface area contributed by atoms with Crippen molar-refractivity contribution in [2.75, 3.05) is 18.0 Å². The van der Waals surface area contributed by atoms with Crippen LogP contribution in [-0.2, 0) is 0 Å². The average molecular weight is 237 g/mol. The maximum atomic E-state index is 13.6. The fraction of sp³-hybridized carbons (Fsp3) is 0.417. The highest BCUT2D eigenvalue weighted by Crippen LogP contribution is 2.29. The Bertz CT molecular complexity index is 436. The van der Waals surface area contributed by atoms with Crippen LogP contribution in [0, 0.1) is 5.82 Å². The van der Waals surface area contributed by atoms with E-state index in [1.165, 1.54) is 6.07 Å². The SMILES string of the molecule is NCC1CCCN1c1cccc(F)c1C(N)=O. The molecule has 1 fully saturated rings. The van der Waals surface area contributed by atoms with Crippen molar-refractivity contribution in [1.82, 2.24) is 0 Å². The van der Waals surface area contributed by atoms with Gasteiger partial charge in [0.15, 0.2) is 0 Å². The highest BCUT2D eigenvalue weighted by molar-refractivity contribution is 5.99. The van der Waals surface area contributed by atoms with Crippen molar-refractivity contribution < 1.29 is 9.18 Å². The third kappa shape index (κ3) is 2.10. The van der Waals surface area contributed by atoms with Gasteiger partial charge < -0.3 is 16.4 Å². The van der Waals surface area contributed by atoms with Gasteiger partial charge in [0, 0.05) is 19.1 Å². The van der Waals surface area contributed by atoms with Gasteiger partial charge in [-0.25, -0.2) is 4.39 Å². The topological polar surface area (TPSA) is 72.3 Å². The molecule has 1 saturated heterocycles. The predicted molar refractivity (Wildman–Crippen MR) is 64.3 cm³/mol. The van der Waals surface area contributed by atoms with Crippen LogP contribution in [0.4, 0.5) is 10.1 Å². The summed E-state index contributed by atoms with van der Waals surface area (Å²) in [6.07, 6.45) is 1.96.